The van der Waals surface area contributed by atoms with E-state index in [9.17, 15) is 4.79 Å². The summed E-state index contributed by atoms with van der Waals surface area (Å²) in [4.78, 5) is 16.0. The van der Waals surface area contributed by atoms with Gasteiger partial charge in [-0.15, -0.1) is 0 Å². The maximum Gasteiger partial charge on any atom is 0.257 e. The number of nitrogen functional groups attached to an aromatic ring is 1. The molecule has 92 valence electrons. The van der Waals surface area contributed by atoms with Crippen molar-refractivity contribution in [2.75, 3.05) is 11.1 Å². The molecule has 0 unspecified atom stereocenters. The first-order valence-electron chi connectivity index (χ1n) is 5.35. The highest BCUT2D eigenvalue weighted by molar-refractivity contribution is 6.34. The molecule has 0 aliphatic heterocycles. The molecule has 0 radical (unpaired) electrons. The predicted octanol–water partition coefficient (Wildman–Crippen LogP) is 2.88. The van der Waals surface area contributed by atoms with Gasteiger partial charge in [0.2, 0.25) is 0 Å². The van der Waals surface area contributed by atoms with E-state index in [-0.39, 0.29) is 11.6 Å². The van der Waals surface area contributed by atoms with E-state index in [0.717, 1.165) is 5.56 Å². The molecule has 3 N–H and O–H groups in total. The molecule has 0 bridgehead atoms. The van der Waals surface area contributed by atoms with Crippen molar-refractivity contribution in [2.24, 2.45) is 0 Å². The van der Waals surface area contributed by atoms with Crippen LogP contribution in [-0.4, -0.2) is 10.9 Å². The highest BCUT2D eigenvalue weighted by atomic mass is 35.5. The molecule has 0 aliphatic carbocycles. The van der Waals surface area contributed by atoms with Crippen molar-refractivity contribution in [2.45, 2.75) is 6.92 Å². The van der Waals surface area contributed by atoms with Gasteiger partial charge in [-0.1, -0.05) is 17.7 Å². The third kappa shape index (κ3) is 2.43. The third-order valence-corrected chi connectivity index (χ3v) is 2.90. The number of pyridine rings is 1. The van der Waals surface area contributed by atoms with Gasteiger partial charge in [-0.25, -0.2) is 0 Å². The largest absolute Gasteiger partial charge is 0.397 e. The number of hydrogen-bond donors (Lipinski definition) is 2. The number of nitrogens with zero attached hydrogens (tertiary/aromatic N) is 1. The van der Waals surface area contributed by atoms with Gasteiger partial charge >= 0.3 is 0 Å². The Balaban J connectivity index is 2.28. The summed E-state index contributed by atoms with van der Waals surface area (Å²) >= 11 is 5.88. The normalized spacial score (nSPS) is 10.1. The summed E-state index contributed by atoms with van der Waals surface area (Å²) in [5, 5.41) is 3.15. The number of carbonyl (C=O) groups is 1. The molecule has 0 saturated carbocycles. The summed E-state index contributed by atoms with van der Waals surface area (Å²) in [6, 6.07) is 6.69. The fraction of sp³-hybridized carbons (Fsp3) is 0.0769. The Labute approximate surface area is 110 Å². The van der Waals surface area contributed by atoms with Crippen LogP contribution in [0, 0.1) is 6.92 Å². The Kier molecular flexibility index (Phi) is 3.48. The first-order chi connectivity index (χ1) is 8.59. The molecule has 1 aromatic carbocycles. The number of benzene rings is 1. The Hall–Kier alpha value is -2.07. The second-order valence-electron chi connectivity index (χ2n) is 3.85. The molecule has 1 amide bonds. The van der Waals surface area contributed by atoms with E-state index in [2.05, 4.69) is 10.3 Å². The summed E-state index contributed by atoms with van der Waals surface area (Å²) in [7, 11) is 0. The molecular weight excluding hydrogens is 250 g/mol. The zero-order chi connectivity index (χ0) is 13.1. The first-order valence-corrected chi connectivity index (χ1v) is 5.73. The lowest BCUT2D eigenvalue weighted by Crippen LogP contribution is -2.15. The second kappa shape index (κ2) is 5.06. The van der Waals surface area contributed by atoms with E-state index in [1.54, 1.807) is 36.7 Å². The minimum absolute atomic E-state index is 0.281. The van der Waals surface area contributed by atoms with Crippen molar-refractivity contribution < 1.29 is 4.79 Å². The van der Waals surface area contributed by atoms with Gasteiger partial charge in [0.1, 0.15) is 0 Å². The minimum atomic E-state index is -0.288. The Bertz CT molecular complexity index is 599. The molecule has 0 aliphatic rings. The fourth-order valence-corrected chi connectivity index (χ4v) is 1.71. The van der Waals surface area contributed by atoms with Gasteiger partial charge < -0.3 is 11.1 Å². The van der Waals surface area contributed by atoms with E-state index < -0.39 is 0 Å². The van der Waals surface area contributed by atoms with E-state index >= 15 is 0 Å². The van der Waals surface area contributed by atoms with E-state index in [1.807, 2.05) is 6.92 Å². The molecule has 0 spiro atoms. The van der Waals surface area contributed by atoms with Crippen LogP contribution in [0.4, 0.5) is 11.4 Å². The molecule has 0 fully saturated rings. The van der Waals surface area contributed by atoms with Crippen molar-refractivity contribution >= 4 is 28.9 Å². The average Bonchev–Trinajstić information content (AvgIpc) is 2.35. The summed E-state index contributed by atoms with van der Waals surface area (Å²) in [5.41, 5.74) is 8.00. The maximum absolute atomic E-state index is 12.1. The lowest BCUT2D eigenvalue weighted by molar-refractivity contribution is 0.102. The molecule has 4 nitrogen and oxygen atoms in total. The summed E-state index contributed by atoms with van der Waals surface area (Å²) in [6.07, 6.45) is 3.29. The van der Waals surface area contributed by atoms with E-state index in [4.69, 9.17) is 17.3 Å². The van der Waals surface area contributed by atoms with Crippen molar-refractivity contribution in [3.63, 3.8) is 0 Å². The average molecular weight is 262 g/mol. The standard InChI is InChI=1S/C13H12ClN3O/c1-8-7-16-6-5-11(8)17-13(18)9-3-2-4-10(14)12(9)15/h2-7H,15H2,1H3,(H,16,17,18). The fourth-order valence-electron chi connectivity index (χ4n) is 1.54. The number of rotatable bonds is 2. The molecule has 5 heteroatoms. The lowest BCUT2D eigenvalue weighted by Gasteiger charge is -2.10. The topological polar surface area (TPSA) is 68.0 Å². The molecule has 0 atom stereocenters. The predicted molar refractivity (Wildman–Crippen MR) is 72.8 cm³/mol. The number of carbonyl (C=O) groups excluding carboxylic acids is 1. The SMILES string of the molecule is Cc1cnccc1NC(=O)c1cccc(Cl)c1N. The van der Waals surface area contributed by atoms with E-state index in [1.165, 1.54) is 0 Å². The van der Waals surface area contributed by atoms with Gasteiger partial charge in [0, 0.05) is 18.1 Å². The number of aromatic nitrogens is 1. The highest BCUT2D eigenvalue weighted by Gasteiger charge is 2.12. The van der Waals surface area contributed by atoms with Gasteiger partial charge in [-0.3, -0.25) is 9.78 Å². The Morgan fingerprint density at radius 2 is 2.17 bits per heavy atom. The van der Waals surface area contributed by atoms with E-state index in [0.29, 0.717) is 16.3 Å². The molecule has 1 aromatic heterocycles. The first kappa shape index (κ1) is 12.4. The van der Waals surface area contributed by atoms with Crippen LogP contribution in [0.1, 0.15) is 15.9 Å². The van der Waals surface area contributed by atoms with Crippen LogP contribution < -0.4 is 11.1 Å². The van der Waals surface area contributed by atoms with Crippen molar-refractivity contribution in [1.29, 1.82) is 0 Å². The quantitative estimate of drug-likeness (QED) is 0.817. The molecular formula is C13H12ClN3O. The number of amides is 1. The van der Waals surface area contributed by atoms with Crippen molar-refractivity contribution in [1.82, 2.24) is 4.98 Å². The Morgan fingerprint density at radius 1 is 1.39 bits per heavy atom. The van der Waals surface area contributed by atoms with Crippen molar-refractivity contribution in [3.8, 4) is 0 Å². The summed E-state index contributed by atoms with van der Waals surface area (Å²) in [6.45, 7) is 1.87. The number of nitrogens with one attached hydrogen (secondary N) is 1. The third-order valence-electron chi connectivity index (χ3n) is 2.57. The molecule has 1 heterocycles. The van der Waals surface area contributed by atoms with Gasteiger partial charge in [0.05, 0.1) is 16.3 Å². The number of nitrogens with two attached hydrogens (primary N) is 1. The van der Waals surface area contributed by atoms with Crippen LogP contribution in [0.25, 0.3) is 0 Å². The van der Waals surface area contributed by atoms with Crippen LogP contribution in [0.2, 0.25) is 5.02 Å². The molecule has 18 heavy (non-hydrogen) atoms. The summed E-state index contributed by atoms with van der Waals surface area (Å²) in [5.74, 6) is -0.288. The number of anilines is 2. The smallest absolute Gasteiger partial charge is 0.257 e. The zero-order valence-electron chi connectivity index (χ0n) is 9.77. The van der Waals surface area contributed by atoms with Crippen molar-refractivity contribution in [3.05, 3.63) is 52.8 Å². The maximum atomic E-state index is 12.1. The monoisotopic (exact) mass is 261 g/mol. The lowest BCUT2D eigenvalue weighted by atomic mass is 10.1. The number of para-hydroxylation sites is 1. The number of hydrogen-bond acceptors (Lipinski definition) is 3. The number of halogens is 1. The van der Waals surface area contributed by atoms with Crippen LogP contribution in [-0.2, 0) is 0 Å². The number of aryl methyl sites for hydroxylation is 1. The zero-order valence-corrected chi connectivity index (χ0v) is 10.5. The summed E-state index contributed by atoms with van der Waals surface area (Å²) < 4.78 is 0. The van der Waals surface area contributed by atoms with Gasteiger partial charge in [-0.2, -0.15) is 0 Å². The molecule has 2 aromatic rings. The van der Waals surface area contributed by atoms with Crippen LogP contribution in [0.3, 0.4) is 0 Å². The highest BCUT2D eigenvalue weighted by Crippen LogP contribution is 2.23. The van der Waals surface area contributed by atoms with Gasteiger partial charge in [-0.05, 0) is 30.7 Å². The molecule has 0 saturated heterocycles. The van der Waals surface area contributed by atoms with Crippen LogP contribution >= 0.6 is 11.6 Å². The minimum Gasteiger partial charge on any atom is -0.397 e. The Morgan fingerprint density at radius 3 is 2.89 bits per heavy atom. The van der Waals surface area contributed by atoms with Crippen LogP contribution in [0.15, 0.2) is 36.7 Å². The second-order valence-corrected chi connectivity index (χ2v) is 4.25. The van der Waals surface area contributed by atoms with Gasteiger partial charge in [0.15, 0.2) is 0 Å². The van der Waals surface area contributed by atoms with Gasteiger partial charge in [0.25, 0.3) is 5.91 Å². The molecule has 2 rings (SSSR count). The van der Waals surface area contributed by atoms with Crippen LogP contribution in [0.5, 0.6) is 0 Å².